The number of carbonyl (C=O) groups is 1. The first-order chi connectivity index (χ1) is 9.26. The van der Waals surface area contributed by atoms with Crippen LogP contribution in [-0.4, -0.2) is 17.4 Å². The van der Waals surface area contributed by atoms with Gasteiger partial charge in [0, 0.05) is 12.5 Å². The molecule has 2 rings (SSSR count). The lowest BCUT2D eigenvalue weighted by Gasteiger charge is -2.23. The van der Waals surface area contributed by atoms with Gasteiger partial charge in [-0.15, -0.1) is 0 Å². The van der Waals surface area contributed by atoms with E-state index >= 15 is 0 Å². The number of hydrogen-bond donors (Lipinski definition) is 1. The summed E-state index contributed by atoms with van der Waals surface area (Å²) < 4.78 is 5.38. The number of oxazole rings is 1. The van der Waals surface area contributed by atoms with Gasteiger partial charge in [-0.25, -0.2) is 4.98 Å². The molecule has 1 aliphatic rings. The first-order valence-electron chi connectivity index (χ1n) is 6.59. The fraction of sp³-hybridized carbons (Fsp3) is 0.500. The van der Waals surface area contributed by atoms with Crippen LogP contribution in [0.3, 0.4) is 0 Å². The standard InChI is InChI=1S/C14H17N3O2/c1-2-6-16-14(18)11(8-15)7-12-13(19-9-17-12)10-4-3-5-10/h7,9-10H,2-6H2,1H3,(H,16,18)/b11-7+. The van der Waals surface area contributed by atoms with Crippen molar-refractivity contribution in [3.8, 4) is 6.07 Å². The molecule has 1 aromatic rings. The van der Waals surface area contributed by atoms with Gasteiger partial charge in [0.05, 0.1) is 0 Å². The summed E-state index contributed by atoms with van der Waals surface area (Å²) in [5.74, 6) is 0.821. The maximum atomic E-state index is 11.8. The van der Waals surface area contributed by atoms with Crippen molar-refractivity contribution in [3.63, 3.8) is 0 Å². The van der Waals surface area contributed by atoms with Crippen LogP contribution in [-0.2, 0) is 4.79 Å². The van der Waals surface area contributed by atoms with E-state index in [4.69, 9.17) is 9.68 Å². The van der Waals surface area contributed by atoms with Crippen LogP contribution in [0, 0.1) is 11.3 Å². The number of hydrogen-bond acceptors (Lipinski definition) is 4. The lowest BCUT2D eigenvalue weighted by molar-refractivity contribution is -0.117. The first kappa shape index (κ1) is 13.3. The monoisotopic (exact) mass is 259 g/mol. The Labute approximate surface area is 112 Å². The summed E-state index contributed by atoms with van der Waals surface area (Å²) in [6.07, 6.45) is 7.08. The Morgan fingerprint density at radius 3 is 3.05 bits per heavy atom. The van der Waals surface area contributed by atoms with Crippen molar-refractivity contribution >= 4 is 12.0 Å². The van der Waals surface area contributed by atoms with Crippen LogP contribution in [0.5, 0.6) is 0 Å². The minimum absolute atomic E-state index is 0.0722. The maximum Gasteiger partial charge on any atom is 0.262 e. The van der Waals surface area contributed by atoms with E-state index in [1.54, 1.807) is 0 Å². The van der Waals surface area contributed by atoms with E-state index in [-0.39, 0.29) is 11.5 Å². The Hall–Kier alpha value is -2.09. The topological polar surface area (TPSA) is 78.9 Å². The molecule has 0 bridgehead atoms. The lowest BCUT2D eigenvalue weighted by Crippen LogP contribution is -2.25. The normalized spacial score (nSPS) is 15.7. The van der Waals surface area contributed by atoms with Crippen molar-refractivity contribution < 1.29 is 9.21 Å². The Kier molecular flexibility index (Phi) is 4.35. The molecule has 0 aliphatic heterocycles. The van der Waals surface area contributed by atoms with E-state index in [9.17, 15) is 4.79 Å². The Bertz CT molecular complexity index is 521. The predicted molar refractivity (Wildman–Crippen MR) is 70.0 cm³/mol. The van der Waals surface area contributed by atoms with Crippen LogP contribution in [0.4, 0.5) is 0 Å². The van der Waals surface area contributed by atoms with Crippen LogP contribution in [0.15, 0.2) is 16.4 Å². The van der Waals surface area contributed by atoms with Gasteiger partial charge in [0.15, 0.2) is 6.39 Å². The highest BCUT2D eigenvalue weighted by molar-refractivity contribution is 6.01. The van der Waals surface area contributed by atoms with Gasteiger partial charge in [-0.3, -0.25) is 4.79 Å². The highest BCUT2D eigenvalue weighted by atomic mass is 16.3. The lowest BCUT2D eigenvalue weighted by atomic mass is 9.82. The molecule has 1 amide bonds. The van der Waals surface area contributed by atoms with Gasteiger partial charge < -0.3 is 9.73 Å². The summed E-state index contributed by atoms with van der Waals surface area (Å²) in [6.45, 7) is 2.52. The molecular weight excluding hydrogens is 242 g/mol. The summed E-state index contributed by atoms with van der Waals surface area (Å²) in [5.41, 5.74) is 0.677. The molecular formula is C14H17N3O2. The highest BCUT2D eigenvalue weighted by Gasteiger charge is 2.25. The smallest absolute Gasteiger partial charge is 0.262 e. The van der Waals surface area contributed by atoms with Crippen LogP contribution < -0.4 is 5.32 Å². The Morgan fingerprint density at radius 1 is 1.68 bits per heavy atom. The molecule has 1 aliphatic carbocycles. The molecule has 0 radical (unpaired) electrons. The number of aromatic nitrogens is 1. The predicted octanol–water partition coefficient (Wildman–Crippen LogP) is 2.38. The summed E-state index contributed by atoms with van der Waals surface area (Å²) in [7, 11) is 0. The van der Waals surface area contributed by atoms with Gasteiger partial charge in [-0.1, -0.05) is 13.3 Å². The zero-order valence-electron chi connectivity index (χ0n) is 11.0. The third-order valence-electron chi connectivity index (χ3n) is 3.28. The number of carbonyl (C=O) groups excluding carboxylic acids is 1. The van der Waals surface area contributed by atoms with Crippen molar-refractivity contribution in [2.24, 2.45) is 0 Å². The van der Waals surface area contributed by atoms with Crippen LogP contribution >= 0.6 is 0 Å². The van der Waals surface area contributed by atoms with Gasteiger partial charge in [0.1, 0.15) is 23.1 Å². The molecule has 0 saturated heterocycles. The van der Waals surface area contributed by atoms with Crippen LogP contribution in [0.1, 0.15) is 50.0 Å². The quantitative estimate of drug-likeness (QED) is 0.650. The van der Waals surface area contributed by atoms with Gasteiger partial charge in [0.25, 0.3) is 5.91 Å². The molecule has 1 heterocycles. The average molecular weight is 259 g/mol. The van der Waals surface area contributed by atoms with Crippen molar-refractivity contribution in [1.29, 1.82) is 5.26 Å². The number of nitrogens with zero attached hydrogens (tertiary/aromatic N) is 2. The van der Waals surface area contributed by atoms with E-state index in [0.717, 1.165) is 25.0 Å². The summed E-state index contributed by atoms with van der Waals surface area (Å²) >= 11 is 0. The second-order valence-electron chi connectivity index (χ2n) is 4.66. The largest absolute Gasteiger partial charge is 0.448 e. The molecule has 1 fully saturated rings. The van der Waals surface area contributed by atoms with E-state index in [1.165, 1.54) is 18.9 Å². The van der Waals surface area contributed by atoms with E-state index in [0.29, 0.717) is 18.2 Å². The molecule has 5 heteroatoms. The first-order valence-corrected chi connectivity index (χ1v) is 6.59. The fourth-order valence-corrected chi connectivity index (χ4v) is 1.97. The van der Waals surface area contributed by atoms with Crippen molar-refractivity contribution in [1.82, 2.24) is 10.3 Å². The molecule has 100 valence electrons. The number of amides is 1. The SMILES string of the molecule is CCCNC(=O)/C(C#N)=C/c1ncoc1C1CCC1. The number of rotatable bonds is 5. The maximum absolute atomic E-state index is 11.8. The highest BCUT2D eigenvalue weighted by Crippen LogP contribution is 2.38. The number of nitrogens with one attached hydrogen (secondary N) is 1. The van der Waals surface area contributed by atoms with Gasteiger partial charge in [0.2, 0.25) is 0 Å². The average Bonchev–Trinajstić information content (AvgIpc) is 2.79. The van der Waals surface area contributed by atoms with Gasteiger partial charge in [-0.2, -0.15) is 5.26 Å². The molecule has 1 N–H and O–H groups in total. The van der Waals surface area contributed by atoms with Gasteiger partial charge in [-0.05, 0) is 25.3 Å². The number of nitriles is 1. The molecule has 1 aromatic heterocycles. The minimum Gasteiger partial charge on any atom is -0.448 e. The van der Waals surface area contributed by atoms with Crippen LogP contribution in [0.25, 0.3) is 6.08 Å². The fourth-order valence-electron chi connectivity index (χ4n) is 1.97. The zero-order valence-corrected chi connectivity index (χ0v) is 11.0. The molecule has 19 heavy (non-hydrogen) atoms. The van der Waals surface area contributed by atoms with E-state index in [2.05, 4.69) is 10.3 Å². The second-order valence-corrected chi connectivity index (χ2v) is 4.66. The van der Waals surface area contributed by atoms with Crippen molar-refractivity contribution in [2.75, 3.05) is 6.54 Å². The molecule has 5 nitrogen and oxygen atoms in total. The molecule has 1 saturated carbocycles. The van der Waals surface area contributed by atoms with E-state index in [1.807, 2.05) is 13.0 Å². The third kappa shape index (κ3) is 3.02. The second kappa shape index (κ2) is 6.19. The molecule has 0 unspecified atom stereocenters. The summed E-state index contributed by atoms with van der Waals surface area (Å²) in [6, 6.07) is 1.92. The molecule has 0 spiro atoms. The van der Waals surface area contributed by atoms with Crippen molar-refractivity contribution in [3.05, 3.63) is 23.4 Å². The summed E-state index contributed by atoms with van der Waals surface area (Å²) in [4.78, 5) is 15.9. The van der Waals surface area contributed by atoms with Crippen molar-refractivity contribution in [2.45, 2.75) is 38.5 Å². The molecule has 0 atom stereocenters. The Morgan fingerprint density at radius 2 is 2.47 bits per heavy atom. The zero-order chi connectivity index (χ0) is 13.7. The third-order valence-corrected chi connectivity index (χ3v) is 3.28. The summed E-state index contributed by atoms with van der Waals surface area (Å²) in [5, 5.41) is 11.7. The van der Waals surface area contributed by atoms with E-state index < -0.39 is 0 Å². The Balaban J connectivity index is 2.16. The molecule has 0 aromatic carbocycles. The van der Waals surface area contributed by atoms with Crippen LogP contribution in [0.2, 0.25) is 0 Å². The van der Waals surface area contributed by atoms with Gasteiger partial charge >= 0.3 is 0 Å². The minimum atomic E-state index is -0.355.